The third-order valence-corrected chi connectivity index (χ3v) is 4.17. The van der Waals surface area contributed by atoms with E-state index in [-0.39, 0.29) is 5.76 Å². The van der Waals surface area contributed by atoms with E-state index in [4.69, 9.17) is 14.0 Å². The molecule has 3 rings (SSSR count). The van der Waals surface area contributed by atoms with Gasteiger partial charge in [-0.3, -0.25) is 4.79 Å². The number of benzene rings is 2. The van der Waals surface area contributed by atoms with Crippen molar-refractivity contribution in [1.29, 1.82) is 0 Å². The van der Waals surface area contributed by atoms with Gasteiger partial charge in [0.25, 0.3) is 0 Å². The molecule has 2 aromatic carbocycles. The van der Waals surface area contributed by atoms with Crippen LogP contribution in [0.5, 0.6) is 11.5 Å². The number of carboxylic acid groups (broad SMARTS) is 1. The molecule has 6 nitrogen and oxygen atoms in total. The van der Waals surface area contributed by atoms with E-state index in [1.165, 1.54) is 6.20 Å². The van der Waals surface area contributed by atoms with Gasteiger partial charge in [0.05, 0.1) is 20.4 Å². The van der Waals surface area contributed by atoms with Gasteiger partial charge in [0.2, 0.25) is 0 Å². The monoisotopic (exact) mass is 339 g/mol. The molecule has 0 saturated carbocycles. The van der Waals surface area contributed by atoms with Gasteiger partial charge in [-0.15, -0.1) is 0 Å². The number of nitrogens with zero attached hydrogens (tertiary/aromatic N) is 1. The van der Waals surface area contributed by atoms with Crippen molar-refractivity contribution >= 4 is 5.97 Å². The highest BCUT2D eigenvalue weighted by Crippen LogP contribution is 2.40. The van der Waals surface area contributed by atoms with Crippen LogP contribution < -0.4 is 9.47 Å². The molecule has 128 valence electrons. The Bertz CT molecular complexity index is 791. The van der Waals surface area contributed by atoms with Gasteiger partial charge in [0.15, 0.2) is 11.2 Å². The minimum atomic E-state index is -1.53. The maximum atomic E-state index is 12.5. The molecule has 0 aliphatic carbocycles. The fourth-order valence-corrected chi connectivity index (χ4v) is 2.89. The van der Waals surface area contributed by atoms with E-state index in [2.05, 4.69) is 5.16 Å². The van der Waals surface area contributed by atoms with Gasteiger partial charge in [-0.05, 0) is 35.4 Å². The Balaban J connectivity index is 2.26. The van der Waals surface area contributed by atoms with E-state index >= 15 is 0 Å². The van der Waals surface area contributed by atoms with Crippen LogP contribution in [0.2, 0.25) is 0 Å². The lowest BCUT2D eigenvalue weighted by Gasteiger charge is -2.28. The zero-order chi connectivity index (χ0) is 17.9. The topological polar surface area (TPSA) is 81.8 Å². The molecule has 1 N–H and O–H groups in total. The first-order valence-corrected chi connectivity index (χ1v) is 7.56. The van der Waals surface area contributed by atoms with Crippen molar-refractivity contribution in [1.82, 2.24) is 5.16 Å². The highest BCUT2D eigenvalue weighted by Gasteiger charge is 2.47. The quantitative estimate of drug-likeness (QED) is 0.743. The molecule has 0 fully saturated rings. The van der Waals surface area contributed by atoms with Crippen LogP contribution in [0, 0.1) is 0 Å². The summed E-state index contributed by atoms with van der Waals surface area (Å²) < 4.78 is 15.6. The van der Waals surface area contributed by atoms with Gasteiger partial charge in [0.1, 0.15) is 11.5 Å². The fraction of sp³-hybridized carbons (Fsp3) is 0.158. The Labute approximate surface area is 144 Å². The Kier molecular flexibility index (Phi) is 4.43. The van der Waals surface area contributed by atoms with Crippen LogP contribution in [-0.2, 0) is 10.2 Å². The summed E-state index contributed by atoms with van der Waals surface area (Å²) in [4.78, 5) is 12.5. The number of aliphatic carboxylic acids is 1. The maximum Gasteiger partial charge on any atom is 0.326 e. The van der Waals surface area contributed by atoms with Gasteiger partial charge in [-0.25, -0.2) is 0 Å². The first-order chi connectivity index (χ1) is 12.1. The summed E-state index contributed by atoms with van der Waals surface area (Å²) in [5.41, 5.74) is -0.472. The Morgan fingerprint density at radius 1 is 0.920 bits per heavy atom. The number of carbonyl (C=O) groups is 1. The number of rotatable bonds is 6. The second-order valence-electron chi connectivity index (χ2n) is 5.39. The second kappa shape index (κ2) is 6.68. The normalized spacial score (nSPS) is 11.1. The van der Waals surface area contributed by atoms with Gasteiger partial charge in [-0.1, -0.05) is 29.4 Å². The highest BCUT2D eigenvalue weighted by molar-refractivity contribution is 5.90. The average molecular weight is 339 g/mol. The van der Waals surface area contributed by atoms with E-state index in [1.807, 2.05) is 0 Å². The Hall–Kier alpha value is -3.28. The van der Waals surface area contributed by atoms with E-state index in [1.54, 1.807) is 68.8 Å². The number of ether oxygens (including phenoxy) is 2. The Morgan fingerprint density at radius 2 is 1.40 bits per heavy atom. The minimum Gasteiger partial charge on any atom is -0.497 e. The van der Waals surface area contributed by atoms with Gasteiger partial charge >= 0.3 is 5.97 Å². The molecule has 0 radical (unpaired) electrons. The SMILES string of the molecule is COc1ccc(C(C(=O)O)(c2ccc(OC)cc2)c2ccno2)cc1. The summed E-state index contributed by atoms with van der Waals surface area (Å²) in [6, 6.07) is 15.3. The maximum absolute atomic E-state index is 12.5. The second-order valence-corrected chi connectivity index (χ2v) is 5.39. The van der Waals surface area contributed by atoms with Crippen molar-refractivity contribution in [2.75, 3.05) is 14.2 Å². The number of aromatic nitrogens is 1. The summed E-state index contributed by atoms with van der Waals surface area (Å²) in [7, 11) is 3.11. The molecule has 0 aliphatic heterocycles. The predicted molar refractivity (Wildman–Crippen MR) is 90.0 cm³/mol. The number of methoxy groups -OCH3 is 2. The third kappa shape index (κ3) is 2.71. The van der Waals surface area contributed by atoms with Gasteiger partial charge < -0.3 is 19.1 Å². The van der Waals surface area contributed by atoms with Gasteiger partial charge in [0, 0.05) is 6.07 Å². The summed E-state index contributed by atoms with van der Waals surface area (Å²) in [6.07, 6.45) is 1.43. The van der Waals surface area contributed by atoms with Crippen LogP contribution in [-0.4, -0.2) is 30.5 Å². The van der Waals surface area contributed by atoms with Crippen LogP contribution in [0.15, 0.2) is 65.3 Å². The van der Waals surface area contributed by atoms with Gasteiger partial charge in [-0.2, -0.15) is 0 Å². The number of carboxylic acids is 1. The summed E-state index contributed by atoms with van der Waals surface area (Å²) in [6.45, 7) is 0. The van der Waals surface area contributed by atoms with Crippen molar-refractivity contribution in [2.24, 2.45) is 0 Å². The first kappa shape index (κ1) is 16.6. The van der Waals surface area contributed by atoms with Crippen LogP contribution >= 0.6 is 0 Å². The summed E-state index contributed by atoms with van der Waals surface area (Å²) in [5, 5.41) is 13.9. The van der Waals surface area contributed by atoms with Crippen LogP contribution in [0.25, 0.3) is 0 Å². The standard InChI is InChI=1S/C19H17NO5/c1-23-15-7-3-13(4-8-15)19(18(21)22,17-11-12-20-25-17)14-5-9-16(24-2)10-6-14/h3-12H,1-2H3,(H,21,22). The third-order valence-electron chi connectivity index (χ3n) is 4.17. The highest BCUT2D eigenvalue weighted by atomic mass is 16.5. The molecule has 1 heterocycles. The first-order valence-electron chi connectivity index (χ1n) is 7.56. The van der Waals surface area contributed by atoms with Crippen LogP contribution in [0.1, 0.15) is 16.9 Å². The predicted octanol–water partition coefficient (Wildman–Crippen LogP) is 3.11. The molecule has 0 bridgehead atoms. The fourth-order valence-electron chi connectivity index (χ4n) is 2.89. The number of hydrogen-bond donors (Lipinski definition) is 1. The molecule has 0 amide bonds. The molecular weight excluding hydrogens is 322 g/mol. The van der Waals surface area contributed by atoms with Crippen molar-refractivity contribution in [3.8, 4) is 11.5 Å². The summed E-state index contributed by atoms with van der Waals surface area (Å²) in [5.74, 6) is 0.417. The zero-order valence-electron chi connectivity index (χ0n) is 13.8. The molecule has 0 atom stereocenters. The molecule has 0 aliphatic rings. The van der Waals surface area contributed by atoms with Crippen molar-refractivity contribution in [3.63, 3.8) is 0 Å². The molecule has 0 unspecified atom stereocenters. The molecule has 3 aromatic rings. The van der Waals surface area contributed by atoms with Crippen molar-refractivity contribution in [3.05, 3.63) is 77.7 Å². The smallest absolute Gasteiger partial charge is 0.326 e. The molecule has 25 heavy (non-hydrogen) atoms. The summed E-state index contributed by atoms with van der Waals surface area (Å²) >= 11 is 0. The van der Waals surface area contributed by atoms with Crippen LogP contribution in [0.3, 0.4) is 0 Å². The average Bonchev–Trinajstić information content (AvgIpc) is 3.18. The van der Waals surface area contributed by atoms with E-state index < -0.39 is 11.4 Å². The zero-order valence-corrected chi connectivity index (χ0v) is 13.8. The lowest BCUT2D eigenvalue weighted by atomic mass is 9.72. The molecular formula is C19H17NO5. The van der Waals surface area contributed by atoms with E-state index in [0.29, 0.717) is 22.6 Å². The van der Waals surface area contributed by atoms with E-state index in [9.17, 15) is 9.90 Å². The molecule has 6 heteroatoms. The largest absolute Gasteiger partial charge is 0.497 e. The lowest BCUT2D eigenvalue weighted by molar-refractivity contribution is -0.141. The minimum absolute atomic E-state index is 0.218. The molecule has 1 aromatic heterocycles. The molecule has 0 spiro atoms. The lowest BCUT2D eigenvalue weighted by Crippen LogP contribution is -2.38. The van der Waals surface area contributed by atoms with Crippen LogP contribution in [0.4, 0.5) is 0 Å². The number of hydrogen-bond acceptors (Lipinski definition) is 5. The molecule has 0 saturated heterocycles. The van der Waals surface area contributed by atoms with Crippen molar-refractivity contribution < 1.29 is 23.9 Å². The van der Waals surface area contributed by atoms with Crippen molar-refractivity contribution in [2.45, 2.75) is 5.41 Å². The van der Waals surface area contributed by atoms with E-state index in [0.717, 1.165) is 0 Å². The Morgan fingerprint density at radius 3 is 1.72 bits per heavy atom.